The van der Waals surface area contributed by atoms with E-state index in [9.17, 15) is 22.7 Å². The SMILES string of the molecule is COc1ccc(F)cc1C(C)(C)CC(O)(C/C(N)=C/c1ccnc(C#N)c1)C(F)(F)F. The summed E-state index contributed by atoms with van der Waals surface area (Å²) in [5.41, 5.74) is 1.72. The van der Waals surface area contributed by atoms with Crippen LogP contribution in [0.25, 0.3) is 6.08 Å². The molecule has 0 fully saturated rings. The molecule has 0 radical (unpaired) electrons. The van der Waals surface area contributed by atoms with E-state index in [1.165, 1.54) is 51.4 Å². The van der Waals surface area contributed by atoms with Crippen LogP contribution in [-0.4, -0.2) is 29.0 Å². The molecule has 0 aliphatic carbocycles. The van der Waals surface area contributed by atoms with Crippen molar-refractivity contribution in [2.45, 2.75) is 43.9 Å². The number of hydrogen-bond acceptors (Lipinski definition) is 5. The van der Waals surface area contributed by atoms with Crippen molar-refractivity contribution in [2.24, 2.45) is 5.73 Å². The lowest BCUT2D eigenvalue weighted by atomic mass is 9.73. The second kappa shape index (κ2) is 8.94. The van der Waals surface area contributed by atoms with Crippen LogP contribution in [0.15, 0.2) is 42.2 Å². The number of ether oxygens (including phenoxy) is 1. The Labute approximate surface area is 177 Å². The standard InChI is InChI=1S/C22H23F4N3O2/c1-20(2,18-10-15(23)4-5-19(18)31-3)13-21(30,22(24,25)26)11-16(28)8-14-6-7-29-17(9-14)12-27/h4-10,30H,11,13,28H2,1-3H3/b16-8-. The number of pyridine rings is 1. The number of methoxy groups -OCH3 is 1. The predicted molar refractivity (Wildman–Crippen MR) is 107 cm³/mol. The van der Waals surface area contributed by atoms with Crippen LogP contribution in [0, 0.1) is 17.1 Å². The van der Waals surface area contributed by atoms with E-state index in [-0.39, 0.29) is 22.7 Å². The topological polar surface area (TPSA) is 92.2 Å². The number of rotatable bonds is 7. The first-order valence-corrected chi connectivity index (χ1v) is 9.26. The van der Waals surface area contributed by atoms with Crippen molar-refractivity contribution >= 4 is 6.08 Å². The predicted octanol–water partition coefficient (Wildman–Crippen LogP) is 4.45. The average Bonchev–Trinajstić information content (AvgIpc) is 2.66. The zero-order chi connectivity index (χ0) is 23.4. The van der Waals surface area contributed by atoms with Gasteiger partial charge in [-0.1, -0.05) is 13.8 Å². The molecule has 9 heteroatoms. The minimum Gasteiger partial charge on any atom is -0.496 e. The van der Waals surface area contributed by atoms with Gasteiger partial charge in [-0.2, -0.15) is 18.4 Å². The summed E-state index contributed by atoms with van der Waals surface area (Å²) in [6.45, 7) is 2.92. The second-order valence-corrected chi connectivity index (χ2v) is 7.92. The Morgan fingerprint density at radius 2 is 1.94 bits per heavy atom. The molecule has 2 rings (SSSR count). The van der Waals surface area contributed by atoms with Gasteiger partial charge in [0.1, 0.15) is 23.3 Å². The number of nitrogens with two attached hydrogens (primary N) is 1. The maximum Gasteiger partial charge on any atom is 0.417 e. The zero-order valence-corrected chi connectivity index (χ0v) is 17.3. The molecule has 1 aromatic carbocycles. The van der Waals surface area contributed by atoms with Crippen molar-refractivity contribution in [3.63, 3.8) is 0 Å². The van der Waals surface area contributed by atoms with E-state index in [1.54, 1.807) is 0 Å². The van der Waals surface area contributed by atoms with E-state index in [0.717, 1.165) is 12.1 Å². The van der Waals surface area contributed by atoms with Crippen molar-refractivity contribution in [2.75, 3.05) is 7.11 Å². The summed E-state index contributed by atoms with van der Waals surface area (Å²) in [6.07, 6.45) is -4.15. The molecule has 2 aromatic rings. The minimum absolute atomic E-state index is 0.0759. The molecule has 0 saturated carbocycles. The number of halogens is 4. The Kier molecular flexibility index (Phi) is 6.96. The molecule has 0 saturated heterocycles. The van der Waals surface area contributed by atoms with Crippen LogP contribution in [0.4, 0.5) is 17.6 Å². The van der Waals surface area contributed by atoms with Crippen LogP contribution in [0.1, 0.15) is 43.5 Å². The lowest BCUT2D eigenvalue weighted by molar-refractivity contribution is -0.266. The molecule has 3 N–H and O–H groups in total. The minimum atomic E-state index is -5.01. The van der Waals surface area contributed by atoms with Gasteiger partial charge in [0, 0.05) is 23.9 Å². The van der Waals surface area contributed by atoms with Crippen LogP contribution in [-0.2, 0) is 5.41 Å². The molecular weight excluding hydrogens is 414 g/mol. The molecule has 166 valence electrons. The Morgan fingerprint density at radius 1 is 1.26 bits per heavy atom. The first kappa shape index (κ1) is 24.2. The summed E-state index contributed by atoms with van der Waals surface area (Å²) in [6, 6.07) is 8.21. The summed E-state index contributed by atoms with van der Waals surface area (Å²) in [5.74, 6) is -0.426. The molecule has 0 amide bonds. The number of alkyl halides is 3. The van der Waals surface area contributed by atoms with Crippen LogP contribution >= 0.6 is 0 Å². The van der Waals surface area contributed by atoms with Gasteiger partial charge in [-0.25, -0.2) is 9.37 Å². The fourth-order valence-electron chi connectivity index (χ4n) is 3.50. The molecule has 1 heterocycles. The second-order valence-electron chi connectivity index (χ2n) is 7.92. The molecule has 0 spiro atoms. The number of nitrogens with zero attached hydrogens (tertiary/aromatic N) is 2. The first-order chi connectivity index (χ1) is 14.3. The van der Waals surface area contributed by atoms with Gasteiger partial charge in [-0.3, -0.25) is 0 Å². The molecule has 0 bridgehead atoms. The summed E-state index contributed by atoms with van der Waals surface area (Å²) in [4.78, 5) is 3.78. The molecule has 5 nitrogen and oxygen atoms in total. The van der Waals surface area contributed by atoms with Crippen molar-refractivity contribution in [1.82, 2.24) is 4.98 Å². The van der Waals surface area contributed by atoms with E-state index in [1.807, 2.05) is 6.07 Å². The highest BCUT2D eigenvalue weighted by Crippen LogP contribution is 2.46. The van der Waals surface area contributed by atoms with E-state index in [2.05, 4.69) is 4.98 Å². The summed E-state index contributed by atoms with van der Waals surface area (Å²) >= 11 is 0. The van der Waals surface area contributed by atoms with Gasteiger partial charge >= 0.3 is 6.18 Å². The number of benzene rings is 1. The highest BCUT2D eigenvalue weighted by Gasteiger charge is 2.56. The van der Waals surface area contributed by atoms with Crippen molar-refractivity contribution in [3.05, 3.63) is 64.9 Å². The van der Waals surface area contributed by atoms with Crippen LogP contribution < -0.4 is 10.5 Å². The Balaban J connectivity index is 2.41. The van der Waals surface area contributed by atoms with Crippen molar-refractivity contribution in [3.8, 4) is 11.8 Å². The maximum atomic E-state index is 13.9. The number of aliphatic hydroxyl groups is 1. The van der Waals surface area contributed by atoms with Gasteiger partial charge < -0.3 is 15.6 Å². The summed E-state index contributed by atoms with van der Waals surface area (Å²) < 4.78 is 60.8. The quantitative estimate of drug-likeness (QED) is 0.625. The number of aromatic nitrogens is 1. The van der Waals surface area contributed by atoms with E-state index < -0.39 is 35.9 Å². The molecule has 0 aliphatic rings. The fourth-order valence-corrected chi connectivity index (χ4v) is 3.50. The van der Waals surface area contributed by atoms with E-state index >= 15 is 0 Å². The van der Waals surface area contributed by atoms with Gasteiger partial charge in [0.2, 0.25) is 0 Å². The van der Waals surface area contributed by atoms with Gasteiger partial charge in [0.15, 0.2) is 5.60 Å². The van der Waals surface area contributed by atoms with E-state index in [0.29, 0.717) is 5.56 Å². The van der Waals surface area contributed by atoms with Crippen molar-refractivity contribution in [1.29, 1.82) is 5.26 Å². The van der Waals surface area contributed by atoms with Crippen LogP contribution in [0.3, 0.4) is 0 Å². The Bertz CT molecular complexity index is 1010. The lowest BCUT2D eigenvalue weighted by Gasteiger charge is -2.38. The van der Waals surface area contributed by atoms with Gasteiger partial charge in [-0.05, 0) is 53.8 Å². The molecule has 1 atom stereocenters. The molecule has 1 unspecified atom stereocenters. The number of nitriles is 1. The Hall–Kier alpha value is -3.12. The third-order valence-electron chi connectivity index (χ3n) is 4.90. The van der Waals surface area contributed by atoms with Gasteiger partial charge in [0.05, 0.1) is 7.11 Å². The zero-order valence-electron chi connectivity index (χ0n) is 17.3. The number of hydrogen-bond donors (Lipinski definition) is 2. The van der Waals surface area contributed by atoms with Gasteiger partial charge in [0.25, 0.3) is 0 Å². The monoisotopic (exact) mass is 437 g/mol. The fraction of sp³-hybridized carbons (Fsp3) is 0.364. The first-order valence-electron chi connectivity index (χ1n) is 9.26. The molecular formula is C22H23F4N3O2. The molecule has 0 aliphatic heterocycles. The highest BCUT2D eigenvalue weighted by atomic mass is 19.4. The van der Waals surface area contributed by atoms with E-state index in [4.69, 9.17) is 15.7 Å². The van der Waals surface area contributed by atoms with Crippen molar-refractivity contribution < 1.29 is 27.4 Å². The average molecular weight is 437 g/mol. The summed E-state index contributed by atoms with van der Waals surface area (Å²) in [7, 11) is 1.33. The summed E-state index contributed by atoms with van der Waals surface area (Å²) in [5, 5.41) is 19.6. The normalized spacial score (nSPS) is 14.6. The van der Waals surface area contributed by atoms with Gasteiger partial charge in [-0.15, -0.1) is 0 Å². The Morgan fingerprint density at radius 3 is 2.52 bits per heavy atom. The molecule has 31 heavy (non-hydrogen) atoms. The molecule has 1 aromatic heterocycles. The third-order valence-corrected chi connectivity index (χ3v) is 4.90. The largest absolute Gasteiger partial charge is 0.496 e. The third kappa shape index (κ3) is 5.73. The van der Waals surface area contributed by atoms with Crippen LogP contribution in [0.5, 0.6) is 5.75 Å². The maximum absolute atomic E-state index is 13.9. The smallest absolute Gasteiger partial charge is 0.417 e. The van der Waals surface area contributed by atoms with Crippen LogP contribution in [0.2, 0.25) is 0 Å². The lowest BCUT2D eigenvalue weighted by Crippen LogP contribution is -2.50. The highest BCUT2D eigenvalue weighted by molar-refractivity contribution is 5.53.